The van der Waals surface area contributed by atoms with Crippen molar-refractivity contribution in [2.24, 2.45) is 0 Å². The highest BCUT2D eigenvalue weighted by molar-refractivity contribution is 5.93. The van der Waals surface area contributed by atoms with Gasteiger partial charge in [-0.2, -0.15) is 15.2 Å². The van der Waals surface area contributed by atoms with Gasteiger partial charge in [0.15, 0.2) is 0 Å². The maximum absolute atomic E-state index is 4.64. The van der Waals surface area contributed by atoms with Crippen molar-refractivity contribution in [1.29, 1.82) is 0 Å². The van der Waals surface area contributed by atoms with E-state index in [1.54, 1.807) is 12.4 Å². The Morgan fingerprint density at radius 2 is 1.87 bits per heavy atom. The number of nitrogens with zero attached hydrogens (tertiary/aromatic N) is 4. The number of hydrogen-bond donors (Lipinski definition) is 3. The number of aryl methyl sites for hydroxylation is 1. The first-order valence-electron chi connectivity index (χ1n) is 10.6. The second kappa shape index (κ2) is 8.65. The molecule has 3 heterocycles. The van der Waals surface area contributed by atoms with Gasteiger partial charge in [0.1, 0.15) is 5.82 Å². The minimum absolute atomic E-state index is 0.551. The Labute approximate surface area is 181 Å². The number of rotatable bonds is 5. The van der Waals surface area contributed by atoms with Crippen LogP contribution in [0.4, 0.5) is 23.1 Å². The summed E-state index contributed by atoms with van der Waals surface area (Å²) >= 11 is 0. The van der Waals surface area contributed by atoms with Crippen LogP contribution in [-0.2, 0) is 0 Å². The standard InChI is InChI=1S/C24H25N7/c1-16-4-2-7-20-21(15-27-31-23(16)20)29-22-10-13-26-24(30-22)28-19-6-3-5-18(14-19)17-8-11-25-12-9-17/h2-7,10,13-15,17,25H,8-9,11-12H2,1H3,(H2,26,28,29,30,31). The van der Waals surface area contributed by atoms with Gasteiger partial charge in [0.25, 0.3) is 0 Å². The molecule has 7 heteroatoms. The molecule has 1 aliphatic rings. The lowest BCUT2D eigenvalue weighted by Gasteiger charge is -2.23. The highest BCUT2D eigenvalue weighted by atomic mass is 15.2. The van der Waals surface area contributed by atoms with Crippen LogP contribution in [-0.4, -0.2) is 33.3 Å². The van der Waals surface area contributed by atoms with Gasteiger partial charge in [-0.25, -0.2) is 4.98 Å². The average molecular weight is 412 g/mol. The number of fused-ring (bicyclic) bond motifs is 1. The maximum atomic E-state index is 4.64. The summed E-state index contributed by atoms with van der Waals surface area (Å²) in [4.78, 5) is 9.04. The van der Waals surface area contributed by atoms with Crippen molar-refractivity contribution in [2.45, 2.75) is 25.7 Å². The zero-order chi connectivity index (χ0) is 21.0. The number of piperidine rings is 1. The highest BCUT2D eigenvalue weighted by Gasteiger charge is 2.15. The molecule has 0 bridgehead atoms. The average Bonchev–Trinajstić information content (AvgIpc) is 2.81. The predicted octanol–water partition coefficient (Wildman–Crippen LogP) is 4.68. The zero-order valence-electron chi connectivity index (χ0n) is 17.5. The molecule has 2 aromatic carbocycles. The van der Waals surface area contributed by atoms with Crippen molar-refractivity contribution in [1.82, 2.24) is 25.5 Å². The van der Waals surface area contributed by atoms with Crippen LogP contribution in [0.25, 0.3) is 10.9 Å². The summed E-state index contributed by atoms with van der Waals surface area (Å²) in [5.74, 6) is 1.85. The summed E-state index contributed by atoms with van der Waals surface area (Å²) in [7, 11) is 0. The molecule has 0 amide bonds. The van der Waals surface area contributed by atoms with Crippen LogP contribution in [0.1, 0.15) is 29.9 Å². The van der Waals surface area contributed by atoms with Crippen molar-refractivity contribution in [3.8, 4) is 0 Å². The number of anilines is 4. The summed E-state index contributed by atoms with van der Waals surface area (Å²) in [5, 5.41) is 19.6. The van der Waals surface area contributed by atoms with Gasteiger partial charge in [-0.1, -0.05) is 30.3 Å². The summed E-state index contributed by atoms with van der Waals surface area (Å²) in [6.07, 6.45) is 5.81. The third kappa shape index (κ3) is 4.32. The summed E-state index contributed by atoms with van der Waals surface area (Å²) in [6.45, 7) is 4.19. The minimum atomic E-state index is 0.551. The van der Waals surface area contributed by atoms with Crippen LogP contribution >= 0.6 is 0 Å². The van der Waals surface area contributed by atoms with Crippen LogP contribution in [0, 0.1) is 6.92 Å². The molecule has 1 fully saturated rings. The van der Waals surface area contributed by atoms with E-state index < -0.39 is 0 Å². The summed E-state index contributed by atoms with van der Waals surface area (Å²) < 4.78 is 0. The van der Waals surface area contributed by atoms with Crippen molar-refractivity contribution in [2.75, 3.05) is 23.7 Å². The van der Waals surface area contributed by atoms with E-state index in [4.69, 9.17) is 0 Å². The predicted molar refractivity (Wildman–Crippen MR) is 124 cm³/mol. The van der Waals surface area contributed by atoms with Crippen molar-refractivity contribution in [3.63, 3.8) is 0 Å². The number of benzene rings is 2. The van der Waals surface area contributed by atoms with Gasteiger partial charge in [0, 0.05) is 17.3 Å². The molecule has 31 heavy (non-hydrogen) atoms. The normalized spacial score (nSPS) is 14.5. The first kappa shape index (κ1) is 19.4. The first-order chi connectivity index (χ1) is 15.3. The van der Waals surface area contributed by atoms with E-state index >= 15 is 0 Å². The molecule has 0 radical (unpaired) electrons. The van der Waals surface area contributed by atoms with Crippen molar-refractivity contribution >= 4 is 34.0 Å². The molecule has 0 atom stereocenters. The van der Waals surface area contributed by atoms with E-state index in [0.29, 0.717) is 17.7 Å². The van der Waals surface area contributed by atoms with E-state index in [1.165, 1.54) is 18.4 Å². The fourth-order valence-corrected chi connectivity index (χ4v) is 4.10. The molecular formula is C24H25N7. The topological polar surface area (TPSA) is 87.7 Å². The van der Waals surface area contributed by atoms with Gasteiger partial charge in [-0.3, -0.25) is 0 Å². The molecule has 156 valence electrons. The van der Waals surface area contributed by atoms with E-state index in [9.17, 15) is 0 Å². The molecular weight excluding hydrogens is 386 g/mol. The van der Waals surface area contributed by atoms with Crippen molar-refractivity contribution in [3.05, 3.63) is 72.1 Å². The fraction of sp³-hybridized carbons (Fsp3) is 0.250. The highest BCUT2D eigenvalue weighted by Crippen LogP contribution is 2.28. The monoisotopic (exact) mass is 411 g/mol. The fourth-order valence-electron chi connectivity index (χ4n) is 4.10. The van der Waals surface area contributed by atoms with Crippen LogP contribution in [0.5, 0.6) is 0 Å². The third-order valence-electron chi connectivity index (χ3n) is 5.74. The Bertz CT molecular complexity index is 1200. The molecule has 7 nitrogen and oxygen atoms in total. The summed E-state index contributed by atoms with van der Waals surface area (Å²) in [6, 6.07) is 16.5. The van der Waals surface area contributed by atoms with Crippen molar-refractivity contribution < 1.29 is 0 Å². The lowest BCUT2D eigenvalue weighted by molar-refractivity contribution is 0.460. The van der Waals surface area contributed by atoms with Gasteiger partial charge in [-0.05, 0) is 68.1 Å². The molecule has 0 saturated carbocycles. The van der Waals surface area contributed by atoms with Gasteiger partial charge < -0.3 is 16.0 Å². The van der Waals surface area contributed by atoms with Crippen LogP contribution < -0.4 is 16.0 Å². The van der Waals surface area contributed by atoms with Gasteiger partial charge in [-0.15, -0.1) is 0 Å². The lowest BCUT2D eigenvalue weighted by atomic mass is 9.90. The second-order valence-corrected chi connectivity index (χ2v) is 7.89. The number of hydrogen-bond acceptors (Lipinski definition) is 7. The van der Waals surface area contributed by atoms with Gasteiger partial charge >= 0.3 is 0 Å². The van der Waals surface area contributed by atoms with E-state index in [0.717, 1.165) is 40.9 Å². The van der Waals surface area contributed by atoms with Gasteiger partial charge in [0.05, 0.1) is 17.4 Å². The smallest absolute Gasteiger partial charge is 0.229 e. The minimum Gasteiger partial charge on any atom is -0.338 e. The molecule has 1 saturated heterocycles. The molecule has 3 N–H and O–H groups in total. The Morgan fingerprint density at radius 3 is 2.77 bits per heavy atom. The zero-order valence-corrected chi connectivity index (χ0v) is 17.5. The summed E-state index contributed by atoms with van der Waals surface area (Å²) in [5.41, 5.74) is 5.21. The molecule has 2 aromatic heterocycles. The van der Waals surface area contributed by atoms with Gasteiger partial charge in [0.2, 0.25) is 5.95 Å². The Morgan fingerprint density at radius 1 is 1.00 bits per heavy atom. The Balaban J connectivity index is 1.36. The quantitative estimate of drug-likeness (QED) is 0.439. The van der Waals surface area contributed by atoms with E-state index in [1.807, 2.05) is 31.2 Å². The number of nitrogens with one attached hydrogen (secondary N) is 3. The molecule has 0 spiro atoms. The molecule has 4 aromatic rings. The molecule has 5 rings (SSSR count). The molecule has 0 aliphatic carbocycles. The van der Waals surface area contributed by atoms with E-state index in [-0.39, 0.29) is 0 Å². The SMILES string of the molecule is Cc1cccc2c(Nc3ccnc(Nc4cccc(C5CCNCC5)c4)n3)cnnc12. The van der Waals surface area contributed by atoms with Crippen LogP contribution in [0.2, 0.25) is 0 Å². The van der Waals surface area contributed by atoms with Crippen LogP contribution in [0.3, 0.4) is 0 Å². The third-order valence-corrected chi connectivity index (χ3v) is 5.74. The molecule has 0 unspecified atom stereocenters. The van der Waals surface area contributed by atoms with E-state index in [2.05, 4.69) is 60.4 Å². The molecule has 1 aliphatic heterocycles. The Kier molecular flexibility index (Phi) is 5.41. The largest absolute Gasteiger partial charge is 0.338 e. The Hall–Kier alpha value is -3.58. The first-order valence-corrected chi connectivity index (χ1v) is 10.6. The number of aromatic nitrogens is 4. The van der Waals surface area contributed by atoms with Crippen LogP contribution in [0.15, 0.2) is 60.9 Å². The maximum Gasteiger partial charge on any atom is 0.229 e. The lowest BCUT2D eigenvalue weighted by Crippen LogP contribution is -2.26. The second-order valence-electron chi connectivity index (χ2n) is 7.89.